The number of carbonyl (C=O) groups is 2. The predicted molar refractivity (Wildman–Crippen MR) is 99.5 cm³/mol. The van der Waals surface area contributed by atoms with Gasteiger partial charge in [-0.1, -0.05) is 48.0 Å². The van der Waals surface area contributed by atoms with Gasteiger partial charge in [0.25, 0.3) is 0 Å². The van der Waals surface area contributed by atoms with E-state index in [2.05, 4.69) is 10.6 Å². The van der Waals surface area contributed by atoms with E-state index in [9.17, 15) is 9.59 Å². The van der Waals surface area contributed by atoms with Gasteiger partial charge in [0.2, 0.25) is 11.8 Å². The van der Waals surface area contributed by atoms with Crippen molar-refractivity contribution in [3.63, 3.8) is 0 Å². The molecule has 0 saturated heterocycles. The van der Waals surface area contributed by atoms with Gasteiger partial charge in [-0.05, 0) is 25.0 Å². The van der Waals surface area contributed by atoms with E-state index in [1.165, 1.54) is 0 Å². The zero-order valence-corrected chi connectivity index (χ0v) is 15.1. The molecule has 0 aliphatic heterocycles. The van der Waals surface area contributed by atoms with Crippen molar-refractivity contribution in [2.75, 3.05) is 7.11 Å². The molecule has 136 valence electrons. The van der Waals surface area contributed by atoms with Crippen molar-refractivity contribution in [2.45, 2.75) is 26.4 Å². The standard InChI is InChI=1S/C21H24N2O3/c1-14-6-5-7-15(10-14)12-22-20(24)17-11-18(17)21(25)23-13-16-8-3-4-9-19(16)26-2/h3-10,17-18H,11-13H2,1-2H3,(H,22,24)(H,23,25). The number of hydrogen-bond acceptors (Lipinski definition) is 3. The molecule has 2 aromatic carbocycles. The van der Waals surface area contributed by atoms with Crippen LogP contribution in [0.5, 0.6) is 5.75 Å². The van der Waals surface area contributed by atoms with E-state index in [0.29, 0.717) is 19.5 Å². The molecule has 5 nitrogen and oxygen atoms in total. The normalized spacial score (nSPS) is 18.1. The summed E-state index contributed by atoms with van der Waals surface area (Å²) in [6.07, 6.45) is 0.609. The van der Waals surface area contributed by atoms with Crippen LogP contribution in [0.2, 0.25) is 0 Å². The van der Waals surface area contributed by atoms with E-state index >= 15 is 0 Å². The summed E-state index contributed by atoms with van der Waals surface area (Å²) >= 11 is 0. The molecule has 2 atom stereocenters. The lowest BCUT2D eigenvalue weighted by Gasteiger charge is -2.09. The lowest BCUT2D eigenvalue weighted by molar-refractivity contribution is -0.127. The van der Waals surface area contributed by atoms with Crippen LogP contribution in [0.1, 0.15) is 23.1 Å². The summed E-state index contributed by atoms with van der Waals surface area (Å²) in [5.41, 5.74) is 3.15. The molecule has 0 radical (unpaired) electrons. The molecule has 0 spiro atoms. The average molecular weight is 352 g/mol. The fourth-order valence-corrected chi connectivity index (χ4v) is 3.08. The minimum atomic E-state index is -0.234. The van der Waals surface area contributed by atoms with Gasteiger partial charge in [-0.3, -0.25) is 9.59 Å². The number of amides is 2. The Balaban J connectivity index is 1.45. The van der Waals surface area contributed by atoms with Crippen LogP contribution in [-0.4, -0.2) is 18.9 Å². The summed E-state index contributed by atoms with van der Waals surface area (Å²) in [6.45, 7) is 2.91. The van der Waals surface area contributed by atoms with Gasteiger partial charge in [0, 0.05) is 18.7 Å². The van der Waals surface area contributed by atoms with Crippen molar-refractivity contribution in [1.82, 2.24) is 10.6 Å². The molecule has 5 heteroatoms. The molecular formula is C21H24N2O3. The van der Waals surface area contributed by atoms with Crippen molar-refractivity contribution in [2.24, 2.45) is 11.8 Å². The quantitative estimate of drug-likeness (QED) is 0.805. The zero-order valence-electron chi connectivity index (χ0n) is 15.1. The first-order valence-corrected chi connectivity index (χ1v) is 8.81. The van der Waals surface area contributed by atoms with Gasteiger partial charge in [-0.25, -0.2) is 0 Å². The van der Waals surface area contributed by atoms with Gasteiger partial charge >= 0.3 is 0 Å². The Bertz CT molecular complexity index is 803. The Morgan fingerprint density at radius 3 is 2.38 bits per heavy atom. The second kappa shape index (κ2) is 8.04. The molecule has 2 unspecified atom stereocenters. The monoisotopic (exact) mass is 352 g/mol. The van der Waals surface area contributed by atoms with Crippen molar-refractivity contribution in [3.8, 4) is 5.75 Å². The number of benzene rings is 2. The number of ether oxygens (including phenoxy) is 1. The highest BCUT2D eigenvalue weighted by Crippen LogP contribution is 2.39. The highest BCUT2D eigenvalue weighted by atomic mass is 16.5. The maximum atomic E-state index is 12.3. The molecule has 2 amide bonds. The molecular weight excluding hydrogens is 328 g/mol. The molecule has 26 heavy (non-hydrogen) atoms. The molecule has 1 aliphatic carbocycles. The smallest absolute Gasteiger partial charge is 0.224 e. The molecule has 2 N–H and O–H groups in total. The van der Waals surface area contributed by atoms with Gasteiger partial charge in [0.1, 0.15) is 5.75 Å². The van der Waals surface area contributed by atoms with Crippen LogP contribution in [0.15, 0.2) is 48.5 Å². The van der Waals surface area contributed by atoms with Crippen LogP contribution in [0.25, 0.3) is 0 Å². The highest BCUT2D eigenvalue weighted by Gasteiger charge is 2.47. The third-order valence-corrected chi connectivity index (χ3v) is 4.66. The number of aryl methyl sites for hydroxylation is 1. The number of methoxy groups -OCH3 is 1. The van der Waals surface area contributed by atoms with Gasteiger partial charge in [-0.15, -0.1) is 0 Å². The first-order valence-electron chi connectivity index (χ1n) is 8.81. The van der Waals surface area contributed by atoms with E-state index in [1.807, 2.05) is 55.5 Å². The van der Waals surface area contributed by atoms with E-state index < -0.39 is 0 Å². The molecule has 1 aliphatic rings. The first kappa shape index (κ1) is 18.0. The molecule has 0 heterocycles. The maximum Gasteiger partial charge on any atom is 0.224 e. The predicted octanol–water partition coefficient (Wildman–Crippen LogP) is 2.57. The fraction of sp³-hybridized carbons (Fsp3) is 0.333. The van der Waals surface area contributed by atoms with Crippen LogP contribution in [-0.2, 0) is 22.7 Å². The SMILES string of the molecule is COc1ccccc1CNC(=O)C1CC1C(=O)NCc1cccc(C)c1. The summed E-state index contributed by atoms with van der Waals surface area (Å²) in [6, 6.07) is 15.6. The summed E-state index contributed by atoms with van der Waals surface area (Å²) in [5, 5.41) is 5.83. The largest absolute Gasteiger partial charge is 0.496 e. The van der Waals surface area contributed by atoms with E-state index in [-0.39, 0.29) is 23.7 Å². The van der Waals surface area contributed by atoms with Gasteiger partial charge in [0.05, 0.1) is 18.9 Å². The van der Waals surface area contributed by atoms with Crippen LogP contribution in [0, 0.1) is 18.8 Å². The molecule has 0 aromatic heterocycles. The molecule has 1 saturated carbocycles. The molecule has 3 rings (SSSR count). The Kier molecular flexibility index (Phi) is 5.56. The van der Waals surface area contributed by atoms with Crippen molar-refractivity contribution < 1.29 is 14.3 Å². The Morgan fingerprint density at radius 1 is 1.00 bits per heavy atom. The second-order valence-corrected chi connectivity index (χ2v) is 6.69. The number of nitrogens with one attached hydrogen (secondary N) is 2. The first-order chi connectivity index (χ1) is 12.6. The topological polar surface area (TPSA) is 67.4 Å². The minimum absolute atomic E-state index is 0.0519. The summed E-state index contributed by atoms with van der Waals surface area (Å²) in [4.78, 5) is 24.5. The van der Waals surface area contributed by atoms with Crippen LogP contribution >= 0.6 is 0 Å². The summed E-state index contributed by atoms with van der Waals surface area (Å²) < 4.78 is 5.28. The van der Waals surface area contributed by atoms with Gasteiger partial charge in [0.15, 0.2) is 0 Å². The maximum absolute atomic E-state index is 12.3. The molecule has 2 aromatic rings. The van der Waals surface area contributed by atoms with Crippen molar-refractivity contribution >= 4 is 11.8 Å². The van der Waals surface area contributed by atoms with Gasteiger partial charge < -0.3 is 15.4 Å². The van der Waals surface area contributed by atoms with E-state index in [4.69, 9.17) is 4.74 Å². The molecule has 0 bridgehead atoms. The van der Waals surface area contributed by atoms with Crippen molar-refractivity contribution in [3.05, 3.63) is 65.2 Å². The van der Waals surface area contributed by atoms with E-state index in [1.54, 1.807) is 7.11 Å². The van der Waals surface area contributed by atoms with Gasteiger partial charge in [-0.2, -0.15) is 0 Å². The minimum Gasteiger partial charge on any atom is -0.496 e. The Labute approximate surface area is 153 Å². The number of hydrogen-bond donors (Lipinski definition) is 2. The van der Waals surface area contributed by atoms with Crippen LogP contribution in [0.3, 0.4) is 0 Å². The zero-order chi connectivity index (χ0) is 18.5. The fourth-order valence-electron chi connectivity index (χ4n) is 3.08. The highest BCUT2D eigenvalue weighted by molar-refractivity contribution is 5.92. The van der Waals surface area contributed by atoms with Crippen molar-refractivity contribution in [1.29, 1.82) is 0 Å². The van der Waals surface area contributed by atoms with Crippen LogP contribution < -0.4 is 15.4 Å². The third-order valence-electron chi connectivity index (χ3n) is 4.66. The summed E-state index contributed by atoms with van der Waals surface area (Å²) in [7, 11) is 1.61. The lowest BCUT2D eigenvalue weighted by Crippen LogP contribution is -2.29. The van der Waals surface area contributed by atoms with E-state index in [0.717, 1.165) is 22.4 Å². The number of rotatable bonds is 7. The Hall–Kier alpha value is -2.82. The number of carbonyl (C=O) groups excluding carboxylic acids is 2. The second-order valence-electron chi connectivity index (χ2n) is 6.69. The molecule has 1 fully saturated rings. The average Bonchev–Trinajstić information content (AvgIpc) is 3.45. The third kappa shape index (κ3) is 4.42. The summed E-state index contributed by atoms with van der Waals surface area (Å²) in [5.74, 6) is 0.159. The number of para-hydroxylation sites is 1. The van der Waals surface area contributed by atoms with Crippen LogP contribution in [0.4, 0.5) is 0 Å². The Morgan fingerprint density at radius 2 is 1.69 bits per heavy atom. The lowest BCUT2D eigenvalue weighted by atomic mass is 10.1.